The molecule has 0 aromatic carbocycles. The molecule has 2 nitrogen and oxygen atoms in total. The van der Waals surface area contributed by atoms with E-state index in [4.69, 9.17) is 9.47 Å². The maximum atomic E-state index is 5.27. The Kier molecular flexibility index (Phi) is 1.71. The van der Waals surface area contributed by atoms with Crippen molar-refractivity contribution in [1.29, 1.82) is 0 Å². The molecule has 1 aliphatic rings. The first-order chi connectivity index (χ1) is 4.97. The minimum Gasteiger partial charge on any atom is -0.345 e. The maximum absolute atomic E-state index is 5.27. The van der Waals surface area contributed by atoms with E-state index in [1.807, 2.05) is 12.1 Å². The lowest BCUT2D eigenvalue weighted by molar-refractivity contribution is -0.0413. The summed E-state index contributed by atoms with van der Waals surface area (Å²) >= 11 is 1.55. The summed E-state index contributed by atoms with van der Waals surface area (Å²) < 4.78 is 10.5. The zero-order chi connectivity index (χ0) is 6.81. The molecule has 2 heterocycles. The highest BCUT2D eigenvalue weighted by atomic mass is 32.1. The molecule has 0 unspecified atom stereocenters. The van der Waals surface area contributed by atoms with E-state index in [-0.39, 0.29) is 6.29 Å². The average molecular weight is 155 g/mol. The molecule has 1 aliphatic heterocycles. The van der Waals surface area contributed by atoms with E-state index in [0.29, 0.717) is 13.2 Å². The van der Waals surface area contributed by atoms with E-state index in [1.165, 1.54) is 0 Å². The molecule has 1 aromatic rings. The largest absolute Gasteiger partial charge is 0.345 e. The zero-order valence-corrected chi connectivity index (χ0v) is 6.19. The third-order valence-corrected chi connectivity index (χ3v) is 2.16. The molecule has 10 heavy (non-hydrogen) atoms. The van der Waals surface area contributed by atoms with Crippen LogP contribution in [0.25, 0.3) is 0 Å². The van der Waals surface area contributed by atoms with Crippen LogP contribution >= 0.6 is 11.3 Å². The molecular formula is C7H7O2S. The van der Waals surface area contributed by atoms with E-state index in [2.05, 4.69) is 5.38 Å². The standard InChI is InChI=1S/C7H7O2S/c1-2-6(10-5-1)7-8-3-4-9-7/h1-2,7H,3-4H2. The number of thiophene rings is 1. The van der Waals surface area contributed by atoms with Crippen LogP contribution in [0.2, 0.25) is 0 Å². The second-order valence-electron chi connectivity index (χ2n) is 2.03. The fourth-order valence-electron chi connectivity index (χ4n) is 0.902. The van der Waals surface area contributed by atoms with Crippen molar-refractivity contribution in [2.45, 2.75) is 6.29 Å². The van der Waals surface area contributed by atoms with Gasteiger partial charge in [0.25, 0.3) is 0 Å². The summed E-state index contributed by atoms with van der Waals surface area (Å²) in [4.78, 5) is 1.11. The van der Waals surface area contributed by atoms with E-state index in [9.17, 15) is 0 Å². The third-order valence-electron chi connectivity index (χ3n) is 1.35. The summed E-state index contributed by atoms with van der Waals surface area (Å²) in [7, 11) is 0. The van der Waals surface area contributed by atoms with E-state index in [0.717, 1.165) is 4.88 Å². The molecule has 0 bridgehead atoms. The molecule has 1 saturated heterocycles. The van der Waals surface area contributed by atoms with Gasteiger partial charge in [0.05, 0.1) is 18.1 Å². The Hall–Kier alpha value is -0.380. The molecule has 0 amide bonds. The molecule has 2 rings (SSSR count). The van der Waals surface area contributed by atoms with Gasteiger partial charge in [-0.2, -0.15) is 0 Å². The first-order valence-corrected chi connectivity index (χ1v) is 3.97. The molecule has 0 aliphatic carbocycles. The Labute approximate surface area is 63.4 Å². The summed E-state index contributed by atoms with van der Waals surface area (Å²) in [6, 6.07) is 3.85. The van der Waals surface area contributed by atoms with E-state index in [1.54, 1.807) is 11.3 Å². The molecule has 1 aromatic heterocycles. The predicted octanol–water partition coefficient (Wildman–Crippen LogP) is 1.59. The molecule has 0 saturated carbocycles. The zero-order valence-electron chi connectivity index (χ0n) is 5.37. The van der Waals surface area contributed by atoms with Gasteiger partial charge in [-0.25, -0.2) is 0 Å². The second-order valence-corrected chi connectivity index (χ2v) is 2.94. The summed E-state index contributed by atoms with van der Waals surface area (Å²) in [5.74, 6) is 0. The monoisotopic (exact) mass is 155 g/mol. The van der Waals surface area contributed by atoms with Gasteiger partial charge in [0.2, 0.25) is 0 Å². The minimum atomic E-state index is -0.115. The van der Waals surface area contributed by atoms with Crippen LogP contribution < -0.4 is 0 Å². The van der Waals surface area contributed by atoms with Gasteiger partial charge < -0.3 is 9.47 Å². The SMILES string of the molecule is [c]1ccc(C2OCCO2)s1. The van der Waals surface area contributed by atoms with Crippen molar-refractivity contribution in [2.24, 2.45) is 0 Å². The van der Waals surface area contributed by atoms with Gasteiger partial charge in [0.15, 0.2) is 6.29 Å². The Morgan fingerprint density at radius 1 is 1.50 bits per heavy atom. The summed E-state index contributed by atoms with van der Waals surface area (Å²) in [5.41, 5.74) is 0. The van der Waals surface area contributed by atoms with Gasteiger partial charge in [-0.15, -0.1) is 11.3 Å². The van der Waals surface area contributed by atoms with Crippen LogP contribution in [-0.2, 0) is 9.47 Å². The molecule has 0 spiro atoms. The van der Waals surface area contributed by atoms with Gasteiger partial charge in [-0.3, -0.25) is 0 Å². The molecule has 1 fully saturated rings. The average Bonchev–Trinajstić information content (AvgIpc) is 2.59. The maximum Gasteiger partial charge on any atom is 0.193 e. The summed E-state index contributed by atoms with van der Waals surface area (Å²) in [5, 5.41) is 2.99. The lowest BCUT2D eigenvalue weighted by Gasteiger charge is -2.03. The number of ether oxygens (including phenoxy) is 2. The number of rotatable bonds is 1. The lowest BCUT2D eigenvalue weighted by atomic mass is 10.5. The van der Waals surface area contributed by atoms with Gasteiger partial charge in [0.1, 0.15) is 0 Å². The minimum absolute atomic E-state index is 0.115. The normalized spacial score (nSPS) is 20.0. The summed E-state index contributed by atoms with van der Waals surface area (Å²) in [6.45, 7) is 1.42. The van der Waals surface area contributed by atoms with Crippen molar-refractivity contribution < 1.29 is 9.47 Å². The Balaban J connectivity index is 2.12. The van der Waals surface area contributed by atoms with Crippen molar-refractivity contribution in [3.63, 3.8) is 0 Å². The first kappa shape index (κ1) is 6.34. The van der Waals surface area contributed by atoms with E-state index >= 15 is 0 Å². The quantitative estimate of drug-likeness (QED) is 0.613. The second kappa shape index (κ2) is 2.70. The predicted molar refractivity (Wildman–Crippen MR) is 37.8 cm³/mol. The van der Waals surface area contributed by atoms with Crippen LogP contribution in [0.5, 0.6) is 0 Å². The fourth-order valence-corrected chi connectivity index (χ4v) is 1.54. The lowest BCUT2D eigenvalue weighted by Crippen LogP contribution is -1.93. The molecular weight excluding hydrogens is 148 g/mol. The van der Waals surface area contributed by atoms with Gasteiger partial charge >= 0.3 is 0 Å². The molecule has 0 N–H and O–H groups in total. The Bertz CT molecular complexity index is 189. The third kappa shape index (κ3) is 1.08. The molecule has 3 heteroatoms. The topological polar surface area (TPSA) is 18.5 Å². The first-order valence-electron chi connectivity index (χ1n) is 3.16. The molecule has 1 radical (unpaired) electrons. The van der Waals surface area contributed by atoms with Gasteiger partial charge in [-0.1, -0.05) is 0 Å². The van der Waals surface area contributed by atoms with E-state index < -0.39 is 0 Å². The van der Waals surface area contributed by atoms with Crippen LogP contribution in [0, 0.1) is 5.38 Å². The highest BCUT2D eigenvalue weighted by molar-refractivity contribution is 7.09. The van der Waals surface area contributed by atoms with Crippen molar-refractivity contribution >= 4 is 11.3 Å². The highest BCUT2D eigenvalue weighted by Crippen LogP contribution is 2.26. The van der Waals surface area contributed by atoms with Crippen LogP contribution in [0.4, 0.5) is 0 Å². The van der Waals surface area contributed by atoms with Crippen LogP contribution in [-0.4, -0.2) is 13.2 Å². The fraction of sp³-hybridized carbons (Fsp3) is 0.429. The molecule has 53 valence electrons. The number of hydrogen-bond donors (Lipinski definition) is 0. The van der Waals surface area contributed by atoms with Crippen LogP contribution in [0.15, 0.2) is 12.1 Å². The van der Waals surface area contributed by atoms with Crippen LogP contribution in [0.1, 0.15) is 11.2 Å². The van der Waals surface area contributed by atoms with Crippen molar-refractivity contribution in [1.82, 2.24) is 0 Å². The molecule has 0 atom stereocenters. The van der Waals surface area contributed by atoms with Crippen LogP contribution in [0.3, 0.4) is 0 Å². The Morgan fingerprint density at radius 3 is 2.90 bits per heavy atom. The van der Waals surface area contributed by atoms with Crippen molar-refractivity contribution in [3.8, 4) is 0 Å². The highest BCUT2D eigenvalue weighted by Gasteiger charge is 2.18. The number of hydrogen-bond acceptors (Lipinski definition) is 3. The summed E-state index contributed by atoms with van der Waals surface area (Å²) in [6.07, 6.45) is -0.115. The Morgan fingerprint density at radius 2 is 2.30 bits per heavy atom. The van der Waals surface area contributed by atoms with Crippen molar-refractivity contribution in [3.05, 3.63) is 22.4 Å². The smallest absolute Gasteiger partial charge is 0.193 e. The van der Waals surface area contributed by atoms with Gasteiger partial charge in [0, 0.05) is 5.38 Å². The van der Waals surface area contributed by atoms with Gasteiger partial charge in [-0.05, 0) is 12.1 Å². The van der Waals surface area contributed by atoms with Crippen molar-refractivity contribution in [2.75, 3.05) is 13.2 Å².